The van der Waals surface area contributed by atoms with Gasteiger partial charge in [0.2, 0.25) is 0 Å². The Labute approximate surface area is 84.4 Å². The number of thiazole rings is 1. The number of aromatic nitrogens is 1. The molecule has 1 unspecified atom stereocenters. The summed E-state index contributed by atoms with van der Waals surface area (Å²) >= 11 is 1.71. The highest BCUT2D eigenvalue weighted by molar-refractivity contribution is 7.09. The van der Waals surface area contributed by atoms with Crippen molar-refractivity contribution in [2.24, 2.45) is 5.92 Å². The maximum absolute atomic E-state index is 4.04. The molecule has 0 saturated heterocycles. The Kier molecular flexibility index (Phi) is 4.39. The van der Waals surface area contributed by atoms with Crippen molar-refractivity contribution in [1.29, 1.82) is 0 Å². The van der Waals surface area contributed by atoms with E-state index in [1.54, 1.807) is 11.3 Å². The third-order valence-electron chi connectivity index (χ3n) is 1.93. The van der Waals surface area contributed by atoms with E-state index in [4.69, 9.17) is 0 Å². The summed E-state index contributed by atoms with van der Waals surface area (Å²) in [6.45, 7) is 7.70. The molecule has 0 spiro atoms. The predicted octanol–water partition coefficient (Wildman–Crippen LogP) is 2.67. The maximum atomic E-state index is 4.04. The summed E-state index contributed by atoms with van der Waals surface area (Å²) in [5.74, 6) is 0.768. The zero-order valence-corrected chi connectivity index (χ0v) is 9.40. The first-order valence-corrected chi connectivity index (χ1v) is 5.67. The molecule has 1 aromatic heterocycles. The molecule has 0 amide bonds. The standard InChI is InChI=1S/C10H18N2S/c1-8(2)4-9(3)12-6-10-5-11-7-13-10/h5,7-9,12H,4,6H2,1-3H3. The van der Waals surface area contributed by atoms with Gasteiger partial charge in [-0.05, 0) is 19.3 Å². The Balaban J connectivity index is 2.19. The molecule has 0 saturated carbocycles. The Morgan fingerprint density at radius 1 is 1.46 bits per heavy atom. The number of nitrogens with zero attached hydrogens (tertiary/aromatic N) is 1. The molecule has 1 atom stereocenters. The minimum Gasteiger partial charge on any atom is -0.309 e. The lowest BCUT2D eigenvalue weighted by Gasteiger charge is -2.14. The molecule has 1 N–H and O–H groups in total. The summed E-state index contributed by atoms with van der Waals surface area (Å²) in [5.41, 5.74) is 1.88. The molecule has 1 rings (SSSR count). The Hall–Kier alpha value is -0.410. The third-order valence-corrected chi connectivity index (χ3v) is 2.71. The van der Waals surface area contributed by atoms with Crippen LogP contribution in [0.2, 0.25) is 0 Å². The number of nitrogens with one attached hydrogen (secondary N) is 1. The third kappa shape index (κ3) is 4.39. The fourth-order valence-electron chi connectivity index (χ4n) is 1.39. The average Bonchev–Trinajstić information content (AvgIpc) is 2.51. The molecule has 0 aliphatic carbocycles. The summed E-state index contributed by atoms with van der Waals surface area (Å²) in [5, 5.41) is 3.49. The summed E-state index contributed by atoms with van der Waals surface area (Å²) < 4.78 is 0. The summed E-state index contributed by atoms with van der Waals surface area (Å²) in [4.78, 5) is 5.35. The predicted molar refractivity (Wildman–Crippen MR) is 57.9 cm³/mol. The van der Waals surface area contributed by atoms with E-state index in [0.717, 1.165) is 12.5 Å². The summed E-state index contributed by atoms with van der Waals surface area (Å²) in [7, 11) is 0. The van der Waals surface area contributed by atoms with E-state index >= 15 is 0 Å². The zero-order valence-electron chi connectivity index (χ0n) is 8.58. The van der Waals surface area contributed by atoms with Gasteiger partial charge >= 0.3 is 0 Å². The smallest absolute Gasteiger partial charge is 0.0794 e. The van der Waals surface area contributed by atoms with Gasteiger partial charge in [-0.15, -0.1) is 11.3 Å². The monoisotopic (exact) mass is 198 g/mol. The molecular formula is C10H18N2S. The van der Waals surface area contributed by atoms with E-state index in [-0.39, 0.29) is 0 Å². The van der Waals surface area contributed by atoms with Gasteiger partial charge in [-0.1, -0.05) is 13.8 Å². The van der Waals surface area contributed by atoms with Gasteiger partial charge in [-0.3, -0.25) is 4.98 Å². The second kappa shape index (κ2) is 5.35. The van der Waals surface area contributed by atoms with Crippen LogP contribution < -0.4 is 5.32 Å². The highest BCUT2D eigenvalue weighted by Gasteiger charge is 2.04. The van der Waals surface area contributed by atoms with Crippen molar-refractivity contribution < 1.29 is 0 Å². The van der Waals surface area contributed by atoms with Crippen LogP contribution in [0.5, 0.6) is 0 Å². The molecule has 0 aliphatic heterocycles. The number of hydrogen-bond donors (Lipinski definition) is 1. The van der Waals surface area contributed by atoms with Gasteiger partial charge in [0, 0.05) is 23.7 Å². The largest absolute Gasteiger partial charge is 0.309 e. The minimum atomic E-state index is 0.599. The second-order valence-electron chi connectivity index (χ2n) is 3.88. The van der Waals surface area contributed by atoms with E-state index in [0.29, 0.717) is 6.04 Å². The van der Waals surface area contributed by atoms with Crippen LogP contribution in [0, 0.1) is 5.92 Å². The first-order valence-electron chi connectivity index (χ1n) is 4.79. The van der Waals surface area contributed by atoms with Gasteiger partial charge in [0.05, 0.1) is 5.51 Å². The van der Waals surface area contributed by atoms with Crippen LogP contribution in [0.3, 0.4) is 0 Å². The zero-order chi connectivity index (χ0) is 9.68. The lowest BCUT2D eigenvalue weighted by Crippen LogP contribution is -2.26. The Bertz CT molecular complexity index is 219. The SMILES string of the molecule is CC(C)CC(C)NCc1cncs1. The van der Waals surface area contributed by atoms with Crippen LogP contribution >= 0.6 is 11.3 Å². The number of rotatable bonds is 5. The minimum absolute atomic E-state index is 0.599. The van der Waals surface area contributed by atoms with Crippen LogP contribution in [-0.2, 0) is 6.54 Å². The summed E-state index contributed by atoms with van der Waals surface area (Å²) in [6, 6.07) is 0.599. The molecule has 0 bridgehead atoms. The molecular weight excluding hydrogens is 180 g/mol. The van der Waals surface area contributed by atoms with E-state index in [1.165, 1.54) is 11.3 Å². The van der Waals surface area contributed by atoms with Crippen molar-refractivity contribution in [3.05, 3.63) is 16.6 Å². The normalized spacial score (nSPS) is 13.5. The first-order chi connectivity index (χ1) is 6.18. The van der Waals surface area contributed by atoms with Gasteiger partial charge < -0.3 is 5.32 Å². The van der Waals surface area contributed by atoms with Crippen molar-refractivity contribution in [3.8, 4) is 0 Å². The molecule has 0 radical (unpaired) electrons. The van der Waals surface area contributed by atoms with Crippen LogP contribution in [0.1, 0.15) is 32.1 Å². The van der Waals surface area contributed by atoms with E-state index in [1.807, 2.05) is 11.7 Å². The van der Waals surface area contributed by atoms with E-state index < -0.39 is 0 Å². The maximum Gasteiger partial charge on any atom is 0.0794 e. The fourth-order valence-corrected chi connectivity index (χ4v) is 1.94. The van der Waals surface area contributed by atoms with Crippen LogP contribution in [0.15, 0.2) is 11.7 Å². The molecule has 13 heavy (non-hydrogen) atoms. The van der Waals surface area contributed by atoms with Crippen LogP contribution in [-0.4, -0.2) is 11.0 Å². The quantitative estimate of drug-likeness (QED) is 0.787. The number of hydrogen-bond acceptors (Lipinski definition) is 3. The van der Waals surface area contributed by atoms with Crippen molar-refractivity contribution in [1.82, 2.24) is 10.3 Å². The lowest BCUT2D eigenvalue weighted by molar-refractivity contribution is 0.443. The van der Waals surface area contributed by atoms with Crippen molar-refractivity contribution >= 4 is 11.3 Å². The van der Waals surface area contributed by atoms with Gasteiger partial charge in [-0.25, -0.2) is 0 Å². The highest BCUT2D eigenvalue weighted by Crippen LogP contribution is 2.07. The fraction of sp³-hybridized carbons (Fsp3) is 0.700. The van der Waals surface area contributed by atoms with Crippen molar-refractivity contribution in [2.75, 3.05) is 0 Å². The Morgan fingerprint density at radius 2 is 2.23 bits per heavy atom. The molecule has 74 valence electrons. The topological polar surface area (TPSA) is 24.9 Å². The molecule has 0 aliphatic rings. The second-order valence-corrected chi connectivity index (χ2v) is 4.85. The van der Waals surface area contributed by atoms with Crippen molar-refractivity contribution in [3.63, 3.8) is 0 Å². The van der Waals surface area contributed by atoms with Gasteiger partial charge in [-0.2, -0.15) is 0 Å². The van der Waals surface area contributed by atoms with E-state index in [9.17, 15) is 0 Å². The molecule has 3 heteroatoms. The highest BCUT2D eigenvalue weighted by atomic mass is 32.1. The van der Waals surface area contributed by atoms with E-state index in [2.05, 4.69) is 31.1 Å². The molecule has 2 nitrogen and oxygen atoms in total. The molecule has 1 aromatic rings. The Morgan fingerprint density at radius 3 is 2.77 bits per heavy atom. The molecule has 0 aromatic carbocycles. The lowest BCUT2D eigenvalue weighted by atomic mass is 10.1. The van der Waals surface area contributed by atoms with Gasteiger partial charge in [0.15, 0.2) is 0 Å². The molecule has 1 heterocycles. The average molecular weight is 198 g/mol. The van der Waals surface area contributed by atoms with Crippen LogP contribution in [0.25, 0.3) is 0 Å². The summed E-state index contributed by atoms with van der Waals surface area (Å²) in [6.07, 6.45) is 3.17. The first kappa shape index (κ1) is 10.7. The van der Waals surface area contributed by atoms with Gasteiger partial charge in [0.25, 0.3) is 0 Å². The van der Waals surface area contributed by atoms with Crippen molar-refractivity contribution in [2.45, 2.75) is 39.8 Å². The van der Waals surface area contributed by atoms with Gasteiger partial charge in [0.1, 0.15) is 0 Å². The molecule has 0 fully saturated rings. The van der Waals surface area contributed by atoms with Crippen LogP contribution in [0.4, 0.5) is 0 Å².